The van der Waals surface area contributed by atoms with Gasteiger partial charge in [-0.3, -0.25) is 4.79 Å². The van der Waals surface area contributed by atoms with Crippen LogP contribution in [0.4, 0.5) is 0 Å². The molecule has 2 unspecified atom stereocenters. The van der Waals surface area contributed by atoms with E-state index >= 15 is 0 Å². The van der Waals surface area contributed by atoms with E-state index in [9.17, 15) is 4.79 Å². The average molecular weight is 318 g/mol. The molecule has 1 aliphatic heterocycles. The van der Waals surface area contributed by atoms with Crippen molar-refractivity contribution in [3.63, 3.8) is 0 Å². The van der Waals surface area contributed by atoms with E-state index in [-0.39, 0.29) is 17.2 Å². The van der Waals surface area contributed by atoms with Crippen molar-refractivity contribution in [1.29, 1.82) is 0 Å². The van der Waals surface area contributed by atoms with E-state index in [1.807, 2.05) is 29.2 Å². The van der Waals surface area contributed by atoms with Crippen LogP contribution in [-0.2, 0) is 4.79 Å². The molecule has 22 heavy (non-hydrogen) atoms. The summed E-state index contributed by atoms with van der Waals surface area (Å²) in [6, 6.07) is 8.29. The van der Waals surface area contributed by atoms with Gasteiger partial charge in [0.15, 0.2) is 0 Å². The van der Waals surface area contributed by atoms with E-state index in [1.165, 1.54) is 0 Å². The summed E-state index contributed by atoms with van der Waals surface area (Å²) in [7, 11) is 0. The first-order valence-corrected chi connectivity index (χ1v) is 8.76. The molecule has 3 rings (SSSR count). The van der Waals surface area contributed by atoms with Crippen LogP contribution < -0.4 is 5.32 Å². The Labute approximate surface area is 134 Å². The van der Waals surface area contributed by atoms with Gasteiger partial charge in [-0.05, 0) is 26.0 Å². The molecule has 1 aliphatic rings. The minimum absolute atomic E-state index is 0.176. The first-order valence-electron chi connectivity index (χ1n) is 7.71. The molecule has 0 radical (unpaired) electrons. The minimum Gasteiger partial charge on any atom is -0.341 e. The fourth-order valence-corrected chi connectivity index (χ4v) is 3.56. The van der Waals surface area contributed by atoms with E-state index in [0.29, 0.717) is 5.75 Å². The summed E-state index contributed by atoms with van der Waals surface area (Å²) in [5.74, 6) is 1.66. The molecule has 2 aromatic rings. The smallest absolute Gasteiger partial charge is 0.232 e. The number of thioether (sulfide) groups is 1. The number of benzene rings is 1. The highest BCUT2D eigenvalue weighted by atomic mass is 32.2. The Morgan fingerprint density at radius 3 is 3.09 bits per heavy atom. The van der Waals surface area contributed by atoms with Crippen LogP contribution >= 0.6 is 11.8 Å². The van der Waals surface area contributed by atoms with Crippen LogP contribution in [0, 0.1) is 0 Å². The third kappa shape index (κ3) is 3.28. The van der Waals surface area contributed by atoms with Crippen molar-refractivity contribution in [3.05, 3.63) is 30.1 Å². The number of H-pyrrole nitrogens is 1. The summed E-state index contributed by atoms with van der Waals surface area (Å²) < 4.78 is 0. The summed E-state index contributed by atoms with van der Waals surface area (Å²) in [5, 5.41) is 3.48. The molecular weight excluding hydrogens is 296 g/mol. The molecule has 118 valence electrons. The number of piperazine rings is 1. The van der Waals surface area contributed by atoms with Gasteiger partial charge in [0, 0.05) is 25.7 Å². The van der Waals surface area contributed by atoms with Gasteiger partial charge >= 0.3 is 0 Å². The molecule has 1 aromatic heterocycles. The number of fused-ring (bicyclic) bond motifs is 1. The van der Waals surface area contributed by atoms with E-state index in [0.717, 1.165) is 36.5 Å². The van der Waals surface area contributed by atoms with Crippen LogP contribution in [0.2, 0.25) is 0 Å². The van der Waals surface area contributed by atoms with Crippen LogP contribution in [0.25, 0.3) is 11.0 Å². The average Bonchev–Trinajstić information content (AvgIpc) is 2.97. The summed E-state index contributed by atoms with van der Waals surface area (Å²) in [4.78, 5) is 22.3. The van der Waals surface area contributed by atoms with Gasteiger partial charge in [-0.1, -0.05) is 12.1 Å². The number of hydrogen-bond donors (Lipinski definition) is 2. The van der Waals surface area contributed by atoms with Crippen molar-refractivity contribution in [1.82, 2.24) is 20.2 Å². The van der Waals surface area contributed by atoms with Gasteiger partial charge in [0.1, 0.15) is 5.82 Å². The SMILES string of the molecule is CC(SCC(=O)N1CCNCC1C)c1nc2ccccc2[nH]1. The molecule has 1 saturated heterocycles. The number of aromatic nitrogens is 2. The zero-order chi connectivity index (χ0) is 15.5. The Balaban J connectivity index is 1.59. The summed E-state index contributed by atoms with van der Waals surface area (Å²) in [5.41, 5.74) is 2.03. The molecule has 2 heterocycles. The molecule has 5 nitrogen and oxygen atoms in total. The normalized spacial score (nSPS) is 20.3. The van der Waals surface area contributed by atoms with Gasteiger partial charge in [-0.15, -0.1) is 11.8 Å². The summed E-state index contributed by atoms with van der Waals surface area (Å²) in [6.45, 7) is 6.77. The topological polar surface area (TPSA) is 61.0 Å². The Hall–Kier alpha value is -1.53. The summed E-state index contributed by atoms with van der Waals surface area (Å²) in [6.07, 6.45) is 0. The fourth-order valence-electron chi connectivity index (χ4n) is 2.73. The Bertz CT molecular complexity index is 623. The molecule has 2 atom stereocenters. The maximum atomic E-state index is 12.4. The number of hydrogen-bond acceptors (Lipinski definition) is 4. The lowest BCUT2D eigenvalue weighted by atomic mass is 10.2. The second-order valence-electron chi connectivity index (χ2n) is 5.73. The zero-order valence-corrected chi connectivity index (χ0v) is 13.8. The van der Waals surface area contributed by atoms with Crippen molar-refractivity contribution in [2.75, 3.05) is 25.4 Å². The molecule has 0 saturated carbocycles. The Morgan fingerprint density at radius 2 is 2.32 bits per heavy atom. The highest BCUT2D eigenvalue weighted by molar-refractivity contribution is 8.00. The van der Waals surface area contributed by atoms with Crippen LogP contribution in [0.15, 0.2) is 24.3 Å². The monoisotopic (exact) mass is 318 g/mol. The first-order chi connectivity index (χ1) is 10.6. The number of amides is 1. The maximum Gasteiger partial charge on any atom is 0.232 e. The molecule has 0 spiro atoms. The number of rotatable bonds is 4. The van der Waals surface area contributed by atoms with Crippen LogP contribution in [0.3, 0.4) is 0 Å². The van der Waals surface area contributed by atoms with E-state index < -0.39 is 0 Å². The van der Waals surface area contributed by atoms with Crippen molar-refractivity contribution >= 4 is 28.7 Å². The molecular formula is C16H22N4OS. The van der Waals surface area contributed by atoms with Crippen LogP contribution in [0.5, 0.6) is 0 Å². The molecule has 6 heteroatoms. The highest BCUT2D eigenvalue weighted by Crippen LogP contribution is 2.28. The van der Waals surface area contributed by atoms with Gasteiger partial charge in [-0.2, -0.15) is 0 Å². The lowest BCUT2D eigenvalue weighted by Gasteiger charge is -2.34. The Morgan fingerprint density at radius 1 is 1.50 bits per heavy atom. The van der Waals surface area contributed by atoms with Crippen molar-refractivity contribution in [2.45, 2.75) is 25.1 Å². The molecule has 2 N–H and O–H groups in total. The van der Waals surface area contributed by atoms with Gasteiger partial charge in [-0.25, -0.2) is 4.98 Å². The molecule has 1 fully saturated rings. The van der Waals surface area contributed by atoms with E-state index in [4.69, 9.17) is 0 Å². The van der Waals surface area contributed by atoms with E-state index in [1.54, 1.807) is 11.8 Å². The van der Waals surface area contributed by atoms with Gasteiger partial charge in [0.2, 0.25) is 5.91 Å². The minimum atomic E-state index is 0.176. The van der Waals surface area contributed by atoms with Crippen molar-refractivity contribution < 1.29 is 4.79 Å². The predicted octanol–water partition coefficient (Wildman–Crippen LogP) is 2.18. The number of carbonyl (C=O) groups is 1. The van der Waals surface area contributed by atoms with Gasteiger partial charge < -0.3 is 15.2 Å². The first kappa shape index (κ1) is 15.4. The summed E-state index contributed by atoms with van der Waals surface area (Å²) >= 11 is 1.64. The molecule has 1 amide bonds. The standard InChI is InChI=1S/C16H22N4OS/c1-11-9-17-7-8-20(11)15(21)10-22-12(2)16-18-13-5-3-4-6-14(13)19-16/h3-6,11-12,17H,7-10H2,1-2H3,(H,18,19). The number of nitrogens with one attached hydrogen (secondary N) is 2. The number of imidazole rings is 1. The Kier molecular flexibility index (Phi) is 4.69. The second-order valence-corrected chi connectivity index (χ2v) is 7.06. The maximum absolute atomic E-state index is 12.4. The second kappa shape index (κ2) is 6.71. The number of nitrogens with zero attached hydrogens (tertiary/aromatic N) is 2. The third-order valence-corrected chi connectivity index (χ3v) is 5.21. The van der Waals surface area contributed by atoms with E-state index in [2.05, 4.69) is 29.1 Å². The fraction of sp³-hybridized carbons (Fsp3) is 0.500. The zero-order valence-electron chi connectivity index (χ0n) is 13.0. The number of para-hydroxylation sites is 2. The van der Waals surface area contributed by atoms with Crippen molar-refractivity contribution in [3.8, 4) is 0 Å². The lowest BCUT2D eigenvalue weighted by molar-refractivity contribution is -0.131. The lowest BCUT2D eigenvalue weighted by Crippen LogP contribution is -2.52. The highest BCUT2D eigenvalue weighted by Gasteiger charge is 2.23. The van der Waals surface area contributed by atoms with Gasteiger partial charge in [0.05, 0.1) is 22.0 Å². The number of carbonyl (C=O) groups excluding carboxylic acids is 1. The molecule has 1 aromatic carbocycles. The van der Waals surface area contributed by atoms with Gasteiger partial charge in [0.25, 0.3) is 0 Å². The predicted molar refractivity (Wildman–Crippen MR) is 91.0 cm³/mol. The quantitative estimate of drug-likeness (QED) is 0.907. The molecule has 0 aliphatic carbocycles. The third-order valence-electron chi connectivity index (χ3n) is 4.07. The largest absolute Gasteiger partial charge is 0.341 e. The van der Waals surface area contributed by atoms with Crippen molar-refractivity contribution in [2.24, 2.45) is 0 Å². The number of aromatic amines is 1. The van der Waals surface area contributed by atoms with Crippen LogP contribution in [0.1, 0.15) is 24.9 Å². The van der Waals surface area contributed by atoms with Crippen LogP contribution in [-0.4, -0.2) is 52.2 Å². The molecule has 0 bridgehead atoms.